The lowest BCUT2D eigenvalue weighted by molar-refractivity contribution is -0.134. The Morgan fingerprint density at radius 3 is 2.85 bits per heavy atom. The van der Waals surface area contributed by atoms with Gasteiger partial charge in [-0.3, -0.25) is 9.79 Å². The Balaban J connectivity index is 0.00000306. The summed E-state index contributed by atoms with van der Waals surface area (Å²) in [7, 11) is 1.77. The minimum absolute atomic E-state index is 0. The average Bonchev–Trinajstić information content (AvgIpc) is 3.59. The van der Waals surface area contributed by atoms with E-state index in [0.29, 0.717) is 18.3 Å². The second-order valence-electron chi connectivity index (χ2n) is 8.79. The number of nitrogens with zero attached hydrogens (tertiary/aromatic N) is 4. The summed E-state index contributed by atoms with van der Waals surface area (Å²) in [6, 6.07) is 8.32. The molecule has 2 heterocycles. The van der Waals surface area contributed by atoms with Gasteiger partial charge in [0.05, 0.1) is 0 Å². The van der Waals surface area contributed by atoms with E-state index < -0.39 is 0 Å². The Bertz CT molecular complexity index is 941. The summed E-state index contributed by atoms with van der Waals surface area (Å²) >= 11 is 0. The van der Waals surface area contributed by atoms with Crippen molar-refractivity contribution in [3.63, 3.8) is 0 Å². The number of carbonyl (C=O) groups excluding carboxylic acids is 1. The molecule has 33 heavy (non-hydrogen) atoms. The zero-order valence-electron chi connectivity index (χ0n) is 19.5. The molecular formula is C24H35IN6O2. The van der Waals surface area contributed by atoms with Crippen molar-refractivity contribution in [1.82, 2.24) is 25.7 Å². The number of amides is 1. The van der Waals surface area contributed by atoms with Crippen LogP contribution >= 0.6 is 24.0 Å². The number of hydrogen-bond acceptors (Lipinski definition) is 5. The van der Waals surface area contributed by atoms with Crippen molar-refractivity contribution in [2.24, 2.45) is 10.9 Å². The number of nitrogens with one attached hydrogen (secondary N) is 2. The van der Waals surface area contributed by atoms with Crippen LogP contribution in [0.4, 0.5) is 0 Å². The predicted octanol–water partition coefficient (Wildman–Crippen LogP) is 3.76. The number of hydrogen-bond donors (Lipinski definition) is 2. The van der Waals surface area contributed by atoms with E-state index in [9.17, 15) is 4.79 Å². The fourth-order valence-electron chi connectivity index (χ4n) is 4.59. The second kappa shape index (κ2) is 12.3. The number of rotatable bonds is 7. The van der Waals surface area contributed by atoms with Crippen LogP contribution in [0.25, 0.3) is 11.5 Å². The van der Waals surface area contributed by atoms with E-state index in [4.69, 9.17) is 4.52 Å². The van der Waals surface area contributed by atoms with Crippen molar-refractivity contribution in [1.29, 1.82) is 0 Å². The number of aryl methyl sites for hydroxylation is 1. The maximum atomic E-state index is 12.7. The van der Waals surface area contributed by atoms with Gasteiger partial charge in [0, 0.05) is 50.6 Å². The van der Waals surface area contributed by atoms with Gasteiger partial charge < -0.3 is 20.1 Å². The van der Waals surface area contributed by atoms with Crippen LogP contribution in [0.5, 0.6) is 0 Å². The van der Waals surface area contributed by atoms with Gasteiger partial charge in [-0.1, -0.05) is 37.1 Å². The number of guanidine groups is 1. The molecule has 2 aromatic rings. The van der Waals surface area contributed by atoms with Gasteiger partial charge in [-0.25, -0.2) is 0 Å². The minimum atomic E-state index is 0. The third-order valence-corrected chi connectivity index (χ3v) is 6.34. The van der Waals surface area contributed by atoms with E-state index in [2.05, 4.69) is 44.8 Å². The molecule has 9 heteroatoms. The Hall–Kier alpha value is -2.17. The zero-order chi connectivity index (χ0) is 22.3. The molecule has 0 spiro atoms. The molecule has 180 valence electrons. The lowest BCUT2D eigenvalue weighted by atomic mass is 10.1. The maximum Gasteiger partial charge on any atom is 0.257 e. The third-order valence-electron chi connectivity index (χ3n) is 6.34. The van der Waals surface area contributed by atoms with Crippen LogP contribution in [-0.2, 0) is 17.8 Å². The van der Waals surface area contributed by atoms with Gasteiger partial charge in [0.25, 0.3) is 5.89 Å². The Morgan fingerprint density at radius 1 is 1.27 bits per heavy atom. The lowest BCUT2D eigenvalue weighted by Crippen LogP contribution is -2.45. The number of aliphatic imine (C=N–C) groups is 1. The summed E-state index contributed by atoms with van der Waals surface area (Å²) in [6.07, 6.45) is 7.25. The fraction of sp³-hybridized carbons (Fsp3) is 0.583. The molecule has 1 aromatic carbocycles. The SMILES string of the molecule is CCCc1noc(-c2cccc(CNC(=NC)NC3CCN(C(=O)C4CCCC4)C3)c2)n1.I. The quantitative estimate of drug-likeness (QED) is 0.301. The van der Waals surface area contributed by atoms with Crippen LogP contribution in [0.1, 0.15) is 56.8 Å². The van der Waals surface area contributed by atoms with Gasteiger partial charge in [-0.2, -0.15) is 4.98 Å². The second-order valence-corrected chi connectivity index (χ2v) is 8.79. The van der Waals surface area contributed by atoms with E-state index in [1.807, 2.05) is 17.0 Å². The molecule has 0 radical (unpaired) electrons. The van der Waals surface area contributed by atoms with Crippen LogP contribution in [-0.4, -0.2) is 53.1 Å². The summed E-state index contributed by atoms with van der Waals surface area (Å²) < 4.78 is 5.41. The highest BCUT2D eigenvalue weighted by atomic mass is 127. The molecule has 1 atom stereocenters. The Morgan fingerprint density at radius 2 is 2.09 bits per heavy atom. The summed E-state index contributed by atoms with van der Waals surface area (Å²) in [4.78, 5) is 23.6. The predicted molar refractivity (Wildman–Crippen MR) is 139 cm³/mol. The van der Waals surface area contributed by atoms with Crippen molar-refractivity contribution in [2.45, 2.75) is 64.5 Å². The summed E-state index contributed by atoms with van der Waals surface area (Å²) in [5, 5.41) is 10.9. The smallest absolute Gasteiger partial charge is 0.257 e. The highest BCUT2D eigenvalue weighted by molar-refractivity contribution is 14.0. The van der Waals surface area contributed by atoms with Crippen molar-refractivity contribution in [3.8, 4) is 11.5 Å². The first-order chi connectivity index (χ1) is 15.7. The largest absolute Gasteiger partial charge is 0.352 e. The standard InChI is InChI=1S/C24H34N6O2.HI/c1-3-7-21-28-22(32-29-21)19-11-6-8-17(14-19)15-26-24(25-2)27-20-12-13-30(16-20)23(31)18-9-4-5-10-18;/h6,8,11,14,18,20H,3-5,7,9-10,12-13,15-16H2,1-2H3,(H2,25,26,27);1H. The number of likely N-dealkylation sites (tertiary alicyclic amines) is 1. The molecule has 1 unspecified atom stereocenters. The molecule has 1 aromatic heterocycles. The van der Waals surface area contributed by atoms with E-state index in [1.54, 1.807) is 7.05 Å². The molecule has 2 fully saturated rings. The minimum Gasteiger partial charge on any atom is -0.352 e. The monoisotopic (exact) mass is 566 g/mol. The highest BCUT2D eigenvalue weighted by Gasteiger charge is 2.32. The molecule has 1 saturated carbocycles. The normalized spacial score (nSPS) is 18.9. The molecule has 2 aliphatic rings. The Labute approximate surface area is 213 Å². The van der Waals surface area contributed by atoms with Crippen molar-refractivity contribution >= 4 is 35.8 Å². The molecule has 8 nitrogen and oxygen atoms in total. The third kappa shape index (κ3) is 6.68. The molecule has 1 amide bonds. The van der Waals surface area contributed by atoms with Gasteiger partial charge in [0.2, 0.25) is 5.91 Å². The average molecular weight is 566 g/mol. The molecule has 1 aliphatic heterocycles. The maximum absolute atomic E-state index is 12.7. The van der Waals surface area contributed by atoms with Crippen molar-refractivity contribution in [3.05, 3.63) is 35.7 Å². The zero-order valence-corrected chi connectivity index (χ0v) is 21.9. The summed E-state index contributed by atoms with van der Waals surface area (Å²) in [5.74, 6) is 2.63. The number of carbonyl (C=O) groups is 1. The molecule has 2 N–H and O–H groups in total. The highest BCUT2D eigenvalue weighted by Crippen LogP contribution is 2.28. The Kier molecular flexibility index (Phi) is 9.52. The first kappa shape index (κ1) is 25.5. The van der Waals surface area contributed by atoms with Crippen molar-refractivity contribution in [2.75, 3.05) is 20.1 Å². The van der Waals surface area contributed by atoms with Gasteiger partial charge in [-0.05, 0) is 43.4 Å². The van der Waals surface area contributed by atoms with E-state index >= 15 is 0 Å². The van der Waals surface area contributed by atoms with Gasteiger partial charge >= 0.3 is 0 Å². The molecule has 1 aliphatic carbocycles. The summed E-state index contributed by atoms with van der Waals surface area (Å²) in [5.41, 5.74) is 2.02. The van der Waals surface area contributed by atoms with Crippen LogP contribution < -0.4 is 10.6 Å². The number of benzene rings is 1. The molecule has 1 saturated heterocycles. The van der Waals surface area contributed by atoms with Crippen molar-refractivity contribution < 1.29 is 9.32 Å². The number of aromatic nitrogens is 2. The van der Waals surface area contributed by atoms with E-state index in [-0.39, 0.29) is 35.9 Å². The van der Waals surface area contributed by atoms with Gasteiger partial charge in [0.15, 0.2) is 11.8 Å². The molecular weight excluding hydrogens is 531 g/mol. The van der Waals surface area contributed by atoms with Crippen LogP contribution in [0, 0.1) is 5.92 Å². The van der Waals surface area contributed by atoms with Crippen LogP contribution in [0.3, 0.4) is 0 Å². The lowest BCUT2D eigenvalue weighted by Gasteiger charge is -2.21. The summed E-state index contributed by atoms with van der Waals surface area (Å²) in [6.45, 7) is 4.31. The first-order valence-electron chi connectivity index (χ1n) is 11.8. The molecule has 4 rings (SSSR count). The van der Waals surface area contributed by atoms with Crippen LogP contribution in [0.2, 0.25) is 0 Å². The van der Waals surface area contributed by atoms with E-state index in [1.165, 1.54) is 12.8 Å². The fourth-order valence-corrected chi connectivity index (χ4v) is 4.59. The number of halogens is 1. The van der Waals surface area contributed by atoms with Gasteiger partial charge in [-0.15, -0.1) is 24.0 Å². The van der Waals surface area contributed by atoms with Gasteiger partial charge in [0.1, 0.15) is 0 Å². The van der Waals surface area contributed by atoms with Crippen LogP contribution in [0.15, 0.2) is 33.8 Å². The topological polar surface area (TPSA) is 95.6 Å². The van der Waals surface area contributed by atoms with E-state index in [0.717, 1.165) is 68.1 Å². The molecule has 0 bridgehead atoms. The first-order valence-corrected chi connectivity index (χ1v) is 11.8.